The van der Waals surface area contributed by atoms with E-state index >= 15 is 0 Å². The molecule has 1 aromatic carbocycles. The topological polar surface area (TPSA) is 93.4 Å². The maximum Gasteiger partial charge on any atom is 0.373 e. The van der Waals surface area contributed by atoms with Crippen LogP contribution in [-0.2, 0) is 0 Å². The smallest absolute Gasteiger partial charge is 0.373 e. The van der Waals surface area contributed by atoms with Crippen LogP contribution in [0.25, 0.3) is 0 Å². The lowest BCUT2D eigenvalue weighted by Gasteiger charge is -2.26. The van der Waals surface area contributed by atoms with Crippen molar-refractivity contribution in [3.8, 4) is 11.6 Å². The van der Waals surface area contributed by atoms with E-state index in [1.807, 2.05) is 6.07 Å². The number of nitrogens with zero attached hydrogens (tertiary/aromatic N) is 4. The quantitative estimate of drug-likeness (QED) is 0.610. The van der Waals surface area contributed by atoms with Crippen LogP contribution < -0.4 is 10.1 Å². The first-order valence-electron chi connectivity index (χ1n) is 8.42. The summed E-state index contributed by atoms with van der Waals surface area (Å²) in [6.07, 6.45) is 4.97. The summed E-state index contributed by atoms with van der Waals surface area (Å²) in [6.45, 7) is 3.57. The highest BCUT2D eigenvalue weighted by Gasteiger charge is 2.25. The summed E-state index contributed by atoms with van der Waals surface area (Å²) >= 11 is 0. The van der Waals surface area contributed by atoms with E-state index in [2.05, 4.69) is 20.2 Å². The van der Waals surface area contributed by atoms with Gasteiger partial charge in [-0.3, -0.25) is 10.1 Å². The normalized spacial score (nSPS) is 14.9. The average Bonchev–Trinajstić information content (AvgIpc) is 2.63. The minimum atomic E-state index is -0.512. The summed E-state index contributed by atoms with van der Waals surface area (Å²) in [4.78, 5) is 21.3. The first-order valence-corrected chi connectivity index (χ1v) is 8.42. The molecule has 3 rings (SSSR count). The lowest BCUT2D eigenvalue weighted by Crippen LogP contribution is -2.33. The summed E-state index contributed by atoms with van der Waals surface area (Å²) in [7, 11) is 0. The molecule has 0 bridgehead atoms. The number of hydrogen-bond acceptors (Lipinski definition) is 7. The van der Waals surface area contributed by atoms with Crippen LogP contribution in [0.2, 0.25) is 0 Å². The molecule has 2 aromatic rings. The Kier molecular flexibility index (Phi) is 5.73. The number of aromatic nitrogens is 2. The van der Waals surface area contributed by atoms with Crippen LogP contribution in [0.5, 0.6) is 11.6 Å². The SMILES string of the molecule is O=[N+]([O-])c1c(NCCN2CCCCC2)ncnc1Oc1ccccc1. The minimum absolute atomic E-state index is 0.0633. The Balaban J connectivity index is 1.70. The third-order valence-corrected chi connectivity index (χ3v) is 4.10. The van der Waals surface area contributed by atoms with E-state index in [-0.39, 0.29) is 17.4 Å². The number of ether oxygens (including phenoxy) is 1. The van der Waals surface area contributed by atoms with Crippen LogP contribution in [-0.4, -0.2) is 46.0 Å². The number of benzene rings is 1. The first-order chi connectivity index (χ1) is 12.2. The average molecular weight is 343 g/mol. The molecule has 25 heavy (non-hydrogen) atoms. The van der Waals surface area contributed by atoms with Gasteiger partial charge in [0, 0.05) is 13.1 Å². The fraction of sp³-hybridized carbons (Fsp3) is 0.412. The third-order valence-electron chi connectivity index (χ3n) is 4.10. The molecule has 0 amide bonds. The van der Waals surface area contributed by atoms with Crippen LogP contribution in [0.4, 0.5) is 11.5 Å². The molecule has 1 aromatic heterocycles. The molecule has 8 nitrogen and oxygen atoms in total. The highest BCUT2D eigenvalue weighted by atomic mass is 16.6. The predicted molar refractivity (Wildman–Crippen MR) is 94.0 cm³/mol. The summed E-state index contributed by atoms with van der Waals surface area (Å²) in [5, 5.41) is 14.5. The molecule has 132 valence electrons. The molecule has 1 fully saturated rings. The monoisotopic (exact) mass is 343 g/mol. The van der Waals surface area contributed by atoms with Gasteiger partial charge in [-0.05, 0) is 38.1 Å². The van der Waals surface area contributed by atoms with E-state index < -0.39 is 4.92 Å². The number of nitrogens with one attached hydrogen (secondary N) is 1. The summed E-state index contributed by atoms with van der Waals surface area (Å²) in [6, 6.07) is 8.86. The Morgan fingerprint density at radius 2 is 1.92 bits per heavy atom. The number of piperidine rings is 1. The minimum Gasteiger partial charge on any atom is -0.434 e. The van der Waals surface area contributed by atoms with Gasteiger partial charge in [-0.2, -0.15) is 4.98 Å². The van der Waals surface area contributed by atoms with Crippen molar-refractivity contribution in [2.45, 2.75) is 19.3 Å². The fourth-order valence-corrected chi connectivity index (χ4v) is 2.85. The molecule has 0 spiro atoms. The lowest BCUT2D eigenvalue weighted by molar-refractivity contribution is -0.385. The molecular formula is C17H21N5O3. The third kappa shape index (κ3) is 4.63. The zero-order chi connectivity index (χ0) is 17.5. The van der Waals surface area contributed by atoms with Gasteiger partial charge in [-0.15, -0.1) is 0 Å². The number of para-hydroxylation sites is 1. The Bertz CT molecular complexity index is 705. The number of anilines is 1. The van der Waals surface area contributed by atoms with E-state index in [0.717, 1.165) is 19.6 Å². The molecular weight excluding hydrogens is 322 g/mol. The van der Waals surface area contributed by atoms with Gasteiger partial charge in [0.05, 0.1) is 4.92 Å². The highest BCUT2D eigenvalue weighted by Crippen LogP contribution is 2.33. The Morgan fingerprint density at radius 1 is 1.16 bits per heavy atom. The second-order valence-electron chi connectivity index (χ2n) is 5.88. The number of likely N-dealkylation sites (tertiary alicyclic amines) is 1. The van der Waals surface area contributed by atoms with Crippen LogP contribution >= 0.6 is 0 Å². The summed E-state index contributed by atoms with van der Waals surface area (Å²) in [5.41, 5.74) is -0.245. The largest absolute Gasteiger partial charge is 0.434 e. The maximum absolute atomic E-state index is 11.5. The standard InChI is InChI=1S/C17H21N5O3/c23-22(24)15-16(18-9-12-21-10-5-2-6-11-21)19-13-20-17(15)25-14-7-3-1-4-8-14/h1,3-4,7-8,13H,2,5-6,9-12H2,(H,18,19,20). The van der Waals surface area contributed by atoms with Gasteiger partial charge in [-0.25, -0.2) is 4.98 Å². The molecule has 0 atom stereocenters. The van der Waals surface area contributed by atoms with Crippen molar-refractivity contribution >= 4 is 11.5 Å². The van der Waals surface area contributed by atoms with Gasteiger partial charge < -0.3 is 15.0 Å². The molecule has 1 aliphatic heterocycles. The van der Waals surface area contributed by atoms with Crippen molar-refractivity contribution in [3.05, 3.63) is 46.8 Å². The van der Waals surface area contributed by atoms with Crippen molar-refractivity contribution in [3.63, 3.8) is 0 Å². The Morgan fingerprint density at radius 3 is 2.64 bits per heavy atom. The van der Waals surface area contributed by atoms with Crippen LogP contribution in [0.15, 0.2) is 36.7 Å². The van der Waals surface area contributed by atoms with E-state index in [4.69, 9.17) is 4.74 Å². The van der Waals surface area contributed by atoms with Crippen molar-refractivity contribution in [1.29, 1.82) is 0 Å². The van der Waals surface area contributed by atoms with Crippen molar-refractivity contribution < 1.29 is 9.66 Å². The first kappa shape index (κ1) is 17.1. The van der Waals surface area contributed by atoms with Crippen molar-refractivity contribution in [2.24, 2.45) is 0 Å². The molecule has 8 heteroatoms. The van der Waals surface area contributed by atoms with Gasteiger partial charge in [0.15, 0.2) is 0 Å². The number of nitro groups is 1. The Hall–Kier alpha value is -2.74. The lowest BCUT2D eigenvalue weighted by atomic mass is 10.1. The van der Waals surface area contributed by atoms with Crippen molar-refractivity contribution in [1.82, 2.24) is 14.9 Å². The van der Waals surface area contributed by atoms with Gasteiger partial charge in [0.2, 0.25) is 5.82 Å². The van der Waals surface area contributed by atoms with Crippen LogP contribution in [0.1, 0.15) is 19.3 Å². The predicted octanol–water partition coefficient (Wildman–Crippen LogP) is 3.07. The van der Waals surface area contributed by atoms with Crippen LogP contribution in [0.3, 0.4) is 0 Å². The van der Waals surface area contributed by atoms with E-state index in [9.17, 15) is 10.1 Å². The molecule has 1 aliphatic rings. The molecule has 0 unspecified atom stereocenters. The highest BCUT2D eigenvalue weighted by molar-refractivity contribution is 5.61. The number of hydrogen-bond donors (Lipinski definition) is 1. The second-order valence-corrected chi connectivity index (χ2v) is 5.88. The Labute approximate surface area is 146 Å². The van der Waals surface area contributed by atoms with Crippen molar-refractivity contribution in [2.75, 3.05) is 31.5 Å². The zero-order valence-corrected chi connectivity index (χ0v) is 13.9. The van der Waals surface area contributed by atoms with Gasteiger partial charge in [-0.1, -0.05) is 24.6 Å². The second kappa shape index (κ2) is 8.39. The molecule has 0 aliphatic carbocycles. The molecule has 2 heterocycles. The molecule has 0 saturated carbocycles. The van der Waals surface area contributed by atoms with E-state index in [0.29, 0.717) is 12.3 Å². The molecule has 0 radical (unpaired) electrons. The zero-order valence-electron chi connectivity index (χ0n) is 13.9. The fourth-order valence-electron chi connectivity index (χ4n) is 2.85. The summed E-state index contributed by atoms with van der Waals surface area (Å²) < 4.78 is 5.56. The van der Waals surface area contributed by atoms with Gasteiger partial charge in [0.1, 0.15) is 12.1 Å². The number of rotatable bonds is 7. The van der Waals surface area contributed by atoms with E-state index in [1.165, 1.54) is 25.6 Å². The summed E-state index contributed by atoms with van der Waals surface area (Å²) in [5.74, 6) is 0.609. The van der Waals surface area contributed by atoms with Gasteiger partial charge in [0.25, 0.3) is 0 Å². The maximum atomic E-state index is 11.5. The van der Waals surface area contributed by atoms with E-state index in [1.54, 1.807) is 24.3 Å². The molecule has 1 saturated heterocycles. The molecule has 1 N–H and O–H groups in total. The van der Waals surface area contributed by atoms with Gasteiger partial charge >= 0.3 is 11.6 Å². The van der Waals surface area contributed by atoms with Crippen LogP contribution in [0, 0.1) is 10.1 Å².